The number of ether oxygens (including phenoxy) is 2. The average molecular weight is 1070 g/mol. The molecule has 75 heavy (non-hydrogen) atoms. The molecular formula is C58H85F2N7O6Si2. The van der Waals surface area contributed by atoms with E-state index in [4.69, 9.17) is 19.4 Å². The summed E-state index contributed by atoms with van der Waals surface area (Å²) in [6, 6.07) is 15.5. The topological polar surface area (TPSA) is 138 Å². The number of aromatic nitrogens is 4. The van der Waals surface area contributed by atoms with Crippen molar-refractivity contribution in [3.05, 3.63) is 88.5 Å². The number of anilines is 1. The molecule has 8 rings (SSSR count). The first-order valence-corrected chi connectivity index (χ1v) is 34.7. The second-order valence-electron chi connectivity index (χ2n) is 27.3. The van der Waals surface area contributed by atoms with E-state index in [2.05, 4.69) is 131 Å². The number of likely N-dealkylation sites (tertiary alicyclic amines) is 2. The van der Waals surface area contributed by atoms with Gasteiger partial charge in [0.2, 0.25) is 0 Å². The van der Waals surface area contributed by atoms with Crippen molar-refractivity contribution in [1.29, 1.82) is 0 Å². The standard InChI is InChI=1S/C58H85F2N7O6Si2/c1-55(2,3)37-20-22-38(23-21-37)67-47(39-30-43-48(32-41(39)59)65(35-72-26-28-74(10,11)12)51(61-43)45-18-16-24-63(45)53(68)69)34-50(56(4,5)6)58(67,57(7,8)9)40-31-44-49(33-42(40)60)66(36-73-27-29-75(13,14)15)52(62-44)46-19-17-25-64(46)54(70)71/h20-23,30-33,45-47,50H,16-19,24-29,34-36H2,1-15H3,(H,68,69)(H,70,71)/t45-,46+,47-,50?,58-/m1/s1. The number of imidazole rings is 2. The third kappa shape index (κ3) is 11.0. The van der Waals surface area contributed by atoms with Crippen LogP contribution in [-0.2, 0) is 33.9 Å². The maximum atomic E-state index is 18.5. The number of hydrogen-bond donors (Lipinski definition) is 2. The molecule has 3 aliphatic rings. The Morgan fingerprint density at radius 3 is 1.57 bits per heavy atom. The van der Waals surface area contributed by atoms with Gasteiger partial charge in [0.05, 0.1) is 45.7 Å². The van der Waals surface area contributed by atoms with Crippen molar-refractivity contribution in [2.24, 2.45) is 16.7 Å². The fourth-order valence-electron chi connectivity index (χ4n) is 12.5. The maximum Gasteiger partial charge on any atom is 0.407 e. The fourth-order valence-corrected chi connectivity index (χ4v) is 14.1. The molecule has 3 fully saturated rings. The van der Waals surface area contributed by atoms with Gasteiger partial charge in [0.1, 0.15) is 36.7 Å². The van der Waals surface area contributed by atoms with Gasteiger partial charge >= 0.3 is 12.2 Å². The van der Waals surface area contributed by atoms with Crippen LogP contribution in [0.3, 0.4) is 0 Å². The Morgan fingerprint density at radius 2 is 1.15 bits per heavy atom. The molecule has 2 aromatic heterocycles. The van der Waals surface area contributed by atoms with Crippen molar-refractivity contribution in [2.45, 2.75) is 188 Å². The number of hydrogen-bond acceptors (Lipinski definition) is 7. The molecule has 0 radical (unpaired) electrons. The summed E-state index contributed by atoms with van der Waals surface area (Å²) in [6.07, 6.45) is 0.937. The van der Waals surface area contributed by atoms with Crippen molar-refractivity contribution in [3.8, 4) is 0 Å². The van der Waals surface area contributed by atoms with Gasteiger partial charge < -0.3 is 33.7 Å². The summed E-state index contributed by atoms with van der Waals surface area (Å²) in [5.74, 6) is -0.103. The minimum absolute atomic E-state index is 0.0985. The van der Waals surface area contributed by atoms with Crippen LogP contribution in [0, 0.1) is 28.4 Å². The zero-order valence-corrected chi connectivity index (χ0v) is 49.5. The summed E-state index contributed by atoms with van der Waals surface area (Å²) in [4.78, 5) is 40.9. The predicted octanol–water partition coefficient (Wildman–Crippen LogP) is 14.8. The lowest BCUT2D eigenvalue weighted by atomic mass is 9.56. The lowest BCUT2D eigenvalue weighted by Crippen LogP contribution is -2.58. The summed E-state index contributed by atoms with van der Waals surface area (Å²) in [7, 11) is -2.90. The summed E-state index contributed by atoms with van der Waals surface area (Å²) in [5, 5.41) is 20.7. The van der Waals surface area contributed by atoms with Gasteiger partial charge in [-0.15, -0.1) is 0 Å². The number of amides is 2. The number of carboxylic acid groups (broad SMARTS) is 2. The fraction of sp³-hybridized carbons (Fsp3) is 0.621. The smallest absolute Gasteiger partial charge is 0.407 e. The van der Waals surface area contributed by atoms with Crippen LogP contribution in [-0.4, -0.2) is 93.8 Å². The maximum absolute atomic E-state index is 18.5. The quantitative estimate of drug-likeness (QED) is 0.0775. The molecule has 3 aliphatic heterocycles. The third-order valence-electron chi connectivity index (χ3n) is 16.4. The van der Waals surface area contributed by atoms with Crippen molar-refractivity contribution >= 4 is 56.1 Å². The molecule has 5 aromatic rings. The molecule has 410 valence electrons. The van der Waals surface area contributed by atoms with Crippen molar-refractivity contribution in [3.63, 3.8) is 0 Å². The van der Waals surface area contributed by atoms with Gasteiger partial charge in [0.15, 0.2) is 0 Å². The Kier molecular flexibility index (Phi) is 15.4. The van der Waals surface area contributed by atoms with E-state index < -0.39 is 74.5 Å². The molecular weight excluding hydrogens is 985 g/mol. The second kappa shape index (κ2) is 20.5. The highest BCUT2D eigenvalue weighted by atomic mass is 28.3. The van der Waals surface area contributed by atoms with Crippen LogP contribution in [0.15, 0.2) is 48.5 Å². The Labute approximate surface area is 446 Å². The lowest BCUT2D eigenvalue weighted by Gasteiger charge is -2.56. The number of halogens is 2. The van der Waals surface area contributed by atoms with Crippen molar-refractivity contribution < 1.29 is 38.1 Å². The highest BCUT2D eigenvalue weighted by Crippen LogP contribution is 2.66. The van der Waals surface area contributed by atoms with Crippen LogP contribution < -0.4 is 4.90 Å². The molecule has 1 unspecified atom stereocenters. The van der Waals surface area contributed by atoms with E-state index in [9.17, 15) is 19.8 Å². The largest absolute Gasteiger partial charge is 0.465 e. The first-order valence-electron chi connectivity index (χ1n) is 27.3. The Morgan fingerprint density at radius 1 is 0.680 bits per heavy atom. The Bertz CT molecular complexity index is 2910. The molecule has 3 saturated heterocycles. The molecule has 5 heterocycles. The van der Waals surface area contributed by atoms with E-state index in [1.165, 1.54) is 9.80 Å². The molecule has 2 amide bonds. The van der Waals surface area contributed by atoms with Crippen LogP contribution in [0.1, 0.15) is 141 Å². The molecule has 0 saturated carbocycles. The number of carbonyl (C=O) groups is 2. The van der Waals surface area contributed by atoms with Gasteiger partial charge in [-0.05, 0) is 96.2 Å². The van der Waals surface area contributed by atoms with E-state index in [1.54, 1.807) is 12.1 Å². The van der Waals surface area contributed by atoms with E-state index in [0.717, 1.165) is 23.3 Å². The zero-order chi connectivity index (χ0) is 55.0. The molecule has 17 heteroatoms. The molecule has 3 aromatic carbocycles. The van der Waals surface area contributed by atoms with Gasteiger partial charge in [-0.3, -0.25) is 9.80 Å². The van der Waals surface area contributed by atoms with Gasteiger partial charge in [-0.25, -0.2) is 28.3 Å². The summed E-state index contributed by atoms with van der Waals surface area (Å²) in [6.45, 7) is 35.3. The minimum atomic E-state index is -1.45. The van der Waals surface area contributed by atoms with E-state index in [0.29, 0.717) is 103 Å². The number of fused-ring (bicyclic) bond motifs is 2. The van der Waals surface area contributed by atoms with Crippen molar-refractivity contribution in [1.82, 2.24) is 28.9 Å². The normalized spacial score (nSPS) is 22.2. The van der Waals surface area contributed by atoms with Crippen LogP contribution in [0.4, 0.5) is 24.1 Å². The van der Waals surface area contributed by atoms with Gasteiger partial charge in [-0.1, -0.05) is 114 Å². The first kappa shape index (κ1) is 56.4. The van der Waals surface area contributed by atoms with E-state index in [1.807, 2.05) is 21.3 Å². The second-order valence-corrected chi connectivity index (χ2v) is 38.5. The predicted molar refractivity (Wildman–Crippen MR) is 300 cm³/mol. The van der Waals surface area contributed by atoms with E-state index in [-0.39, 0.29) is 24.8 Å². The average Bonchev–Trinajstić information content (AvgIpc) is 4.13. The number of nitrogens with zero attached hydrogens (tertiary/aromatic N) is 7. The number of benzene rings is 3. The molecule has 0 aliphatic carbocycles. The van der Waals surface area contributed by atoms with Crippen LogP contribution >= 0.6 is 0 Å². The molecule has 5 atom stereocenters. The molecule has 0 bridgehead atoms. The van der Waals surface area contributed by atoms with E-state index >= 15 is 8.78 Å². The monoisotopic (exact) mass is 1070 g/mol. The Balaban J connectivity index is 1.36. The molecule has 13 nitrogen and oxygen atoms in total. The highest BCUT2D eigenvalue weighted by Gasteiger charge is 2.64. The number of rotatable bonds is 15. The highest BCUT2D eigenvalue weighted by molar-refractivity contribution is 6.76. The molecule has 2 N–H and O–H groups in total. The van der Waals surface area contributed by atoms with Crippen molar-refractivity contribution in [2.75, 3.05) is 31.2 Å². The van der Waals surface area contributed by atoms with Gasteiger partial charge in [0.25, 0.3) is 0 Å². The minimum Gasteiger partial charge on any atom is -0.465 e. The SMILES string of the molecule is CC(C)(C)c1ccc(N2[C@@H](c3cc4nc([C@H]5CCCN5C(=O)O)n(COCC[Si](C)(C)C)c4cc3F)CC(C(C)(C)C)[C@]2(c2cc3nc([C@@H]4CCCN4C(=O)O)n(COCC[Si](C)(C)C)c3cc2F)C(C)(C)C)cc1. The Hall–Kier alpha value is -4.85. The van der Waals surface area contributed by atoms with Crippen LogP contribution in [0.2, 0.25) is 51.4 Å². The third-order valence-corrected chi connectivity index (χ3v) is 19.8. The zero-order valence-electron chi connectivity index (χ0n) is 47.5. The summed E-state index contributed by atoms with van der Waals surface area (Å²) in [5.41, 5.74) is 2.39. The first-order chi connectivity index (χ1) is 34.8. The van der Waals surface area contributed by atoms with Crippen LogP contribution in [0.5, 0.6) is 0 Å². The lowest BCUT2D eigenvalue weighted by molar-refractivity contribution is 0.0562. The van der Waals surface area contributed by atoms with Gasteiger partial charge in [-0.2, -0.15) is 0 Å². The summed E-state index contributed by atoms with van der Waals surface area (Å²) >= 11 is 0. The summed E-state index contributed by atoms with van der Waals surface area (Å²) < 4.78 is 52.9. The van der Waals surface area contributed by atoms with Gasteiger partial charge in [0, 0.05) is 71.4 Å². The van der Waals surface area contributed by atoms with Crippen LogP contribution in [0.25, 0.3) is 22.1 Å². The molecule has 0 spiro atoms.